The second-order valence-electron chi connectivity index (χ2n) is 6.33. The summed E-state index contributed by atoms with van der Waals surface area (Å²) in [6, 6.07) is 11.4. The number of hydrogen-bond donors (Lipinski definition) is 1. The third kappa shape index (κ3) is 1.80. The Balaban J connectivity index is 0.00000125. The number of anilines is 1. The molecule has 0 radical (unpaired) electrons. The van der Waals surface area contributed by atoms with Gasteiger partial charge in [-0.1, -0.05) is 23.3 Å². The average molecular weight is 319 g/mol. The Morgan fingerprint density at radius 3 is 2.36 bits per heavy atom. The van der Waals surface area contributed by atoms with Crippen LogP contribution in [0.5, 0.6) is 0 Å². The molecule has 6 nitrogen and oxygen atoms in total. The second-order valence-corrected chi connectivity index (χ2v) is 6.33. The summed E-state index contributed by atoms with van der Waals surface area (Å²) < 4.78 is 1.89. The molecule has 0 saturated carbocycles. The van der Waals surface area contributed by atoms with Crippen molar-refractivity contribution >= 4 is 18.4 Å². The van der Waals surface area contributed by atoms with Crippen LogP contribution in [0.4, 0.5) is 5.95 Å². The molecule has 3 aliphatic heterocycles. The third-order valence-electron chi connectivity index (χ3n) is 5.46. The highest BCUT2D eigenvalue weighted by Gasteiger charge is 2.55. The number of nitrogens with zero attached hydrogens (tertiary/aromatic N) is 5. The first kappa shape index (κ1) is 14.0. The maximum Gasteiger partial charge on any atom is 0.250 e. The summed E-state index contributed by atoms with van der Waals surface area (Å²) in [6.07, 6.45) is 2.55. The Hall–Kier alpha value is -1.66. The van der Waals surface area contributed by atoms with E-state index in [1.54, 1.807) is 0 Å². The molecule has 2 bridgehead atoms. The lowest BCUT2D eigenvalue weighted by atomic mass is 9.82. The highest BCUT2D eigenvalue weighted by atomic mass is 35.5. The summed E-state index contributed by atoms with van der Waals surface area (Å²) in [7, 11) is 0. The Morgan fingerprint density at radius 2 is 1.68 bits per heavy atom. The zero-order valence-corrected chi connectivity index (χ0v) is 13.0. The highest BCUT2D eigenvalue weighted by Crippen LogP contribution is 2.48. The minimum absolute atomic E-state index is 0. The number of tetrazole rings is 1. The Bertz CT molecular complexity index is 641. The van der Waals surface area contributed by atoms with Crippen LogP contribution in [0, 0.1) is 11.8 Å². The van der Waals surface area contributed by atoms with Crippen LogP contribution in [0.3, 0.4) is 0 Å². The fraction of sp³-hybridized carbons (Fsp3) is 0.533. The quantitative estimate of drug-likeness (QED) is 0.903. The largest absolute Gasteiger partial charge is 0.333 e. The van der Waals surface area contributed by atoms with Crippen molar-refractivity contribution in [1.29, 1.82) is 0 Å². The molecule has 0 spiro atoms. The minimum Gasteiger partial charge on any atom is -0.333 e. The van der Waals surface area contributed by atoms with Crippen molar-refractivity contribution in [2.24, 2.45) is 11.8 Å². The first-order valence-corrected chi connectivity index (χ1v) is 7.76. The molecule has 2 aromatic rings. The van der Waals surface area contributed by atoms with Gasteiger partial charge >= 0.3 is 0 Å². The molecule has 4 atom stereocenters. The van der Waals surface area contributed by atoms with Gasteiger partial charge in [0.05, 0.1) is 5.69 Å². The van der Waals surface area contributed by atoms with Gasteiger partial charge in [0.1, 0.15) is 0 Å². The fourth-order valence-corrected chi connectivity index (χ4v) is 4.64. The number of aromatic nitrogens is 4. The van der Waals surface area contributed by atoms with Crippen LogP contribution in [0.15, 0.2) is 30.3 Å². The molecule has 3 fully saturated rings. The molecule has 1 aromatic heterocycles. The summed E-state index contributed by atoms with van der Waals surface area (Å²) in [5.74, 6) is 2.46. The van der Waals surface area contributed by atoms with E-state index >= 15 is 0 Å². The van der Waals surface area contributed by atoms with E-state index in [2.05, 4.69) is 37.9 Å². The average Bonchev–Trinajstić information content (AvgIpc) is 3.28. The van der Waals surface area contributed by atoms with E-state index in [0.29, 0.717) is 12.1 Å². The van der Waals surface area contributed by atoms with Gasteiger partial charge in [0, 0.05) is 25.2 Å². The number of rotatable bonds is 2. The lowest BCUT2D eigenvalue weighted by molar-refractivity contribution is 0.354. The van der Waals surface area contributed by atoms with Crippen LogP contribution >= 0.6 is 12.4 Å². The molecule has 116 valence electrons. The molecule has 4 heterocycles. The molecule has 5 rings (SSSR count). The molecular weight excluding hydrogens is 300 g/mol. The van der Waals surface area contributed by atoms with Gasteiger partial charge in [-0.05, 0) is 47.2 Å². The summed E-state index contributed by atoms with van der Waals surface area (Å²) in [5, 5.41) is 16.1. The predicted molar refractivity (Wildman–Crippen MR) is 85.5 cm³/mol. The number of benzene rings is 1. The summed E-state index contributed by atoms with van der Waals surface area (Å²) in [6.45, 7) is 2.30. The maximum absolute atomic E-state index is 4.35. The standard InChI is InChI=1S/C15H18N6.ClH/c1-2-4-10(5-3-1)21-15(17-18-19-21)20-13-6-7-14(20)12-9-16-8-11(12)13;/h1-5,11-14,16H,6-9H2;1H/t11-,12+,13-,14+;. The van der Waals surface area contributed by atoms with E-state index < -0.39 is 0 Å². The number of hydrogen-bond acceptors (Lipinski definition) is 5. The van der Waals surface area contributed by atoms with Crippen molar-refractivity contribution in [3.05, 3.63) is 30.3 Å². The highest BCUT2D eigenvalue weighted by molar-refractivity contribution is 5.85. The Kier molecular flexibility index (Phi) is 3.31. The molecule has 7 heteroatoms. The van der Waals surface area contributed by atoms with Crippen molar-refractivity contribution in [3.63, 3.8) is 0 Å². The van der Waals surface area contributed by atoms with Gasteiger partial charge in [0.15, 0.2) is 0 Å². The molecule has 22 heavy (non-hydrogen) atoms. The van der Waals surface area contributed by atoms with Crippen LogP contribution < -0.4 is 10.2 Å². The zero-order valence-electron chi connectivity index (χ0n) is 12.2. The number of para-hydroxylation sites is 1. The van der Waals surface area contributed by atoms with E-state index in [0.717, 1.165) is 36.6 Å². The van der Waals surface area contributed by atoms with E-state index in [1.807, 2.05) is 22.9 Å². The molecular formula is C15H19ClN6. The van der Waals surface area contributed by atoms with Crippen molar-refractivity contribution in [1.82, 2.24) is 25.5 Å². The Labute approximate surface area is 135 Å². The van der Waals surface area contributed by atoms with Crippen LogP contribution in [-0.2, 0) is 0 Å². The monoisotopic (exact) mass is 318 g/mol. The number of nitrogens with one attached hydrogen (secondary N) is 1. The zero-order chi connectivity index (χ0) is 13.8. The van der Waals surface area contributed by atoms with Crippen LogP contribution in [0.25, 0.3) is 5.69 Å². The van der Waals surface area contributed by atoms with Gasteiger partial charge in [0.2, 0.25) is 0 Å². The van der Waals surface area contributed by atoms with Crippen molar-refractivity contribution in [2.75, 3.05) is 18.0 Å². The van der Waals surface area contributed by atoms with Crippen molar-refractivity contribution in [3.8, 4) is 5.69 Å². The summed E-state index contributed by atoms with van der Waals surface area (Å²) in [4.78, 5) is 2.50. The van der Waals surface area contributed by atoms with Crippen molar-refractivity contribution < 1.29 is 0 Å². The summed E-state index contributed by atoms with van der Waals surface area (Å²) in [5.41, 5.74) is 1.03. The first-order chi connectivity index (χ1) is 10.4. The van der Waals surface area contributed by atoms with Gasteiger partial charge in [-0.25, -0.2) is 0 Å². The Morgan fingerprint density at radius 1 is 1.00 bits per heavy atom. The third-order valence-corrected chi connectivity index (χ3v) is 5.46. The second kappa shape index (κ2) is 5.21. The van der Waals surface area contributed by atoms with E-state index in [9.17, 15) is 0 Å². The SMILES string of the molecule is Cl.c1ccc(-n2nnnc2N2[C@@H]3CC[C@H]2[C@H]2CNC[C@H]23)cc1. The molecule has 1 N–H and O–H groups in total. The lowest BCUT2D eigenvalue weighted by Gasteiger charge is -2.24. The van der Waals surface area contributed by atoms with E-state index in [1.165, 1.54) is 12.8 Å². The number of fused-ring (bicyclic) bond motifs is 5. The van der Waals surface area contributed by atoms with Crippen LogP contribution in [-0.4, -0.2) is 45.4 Å². The normalized spacial score (nSPS) is 32.1. The molecule has 3 aliphatic rings. The van der Waals surface area contributed by atoms with Gasteiger partial charge in [-0.2, -0.15) is 4.68 Å². The number of halogens is 1. The fourth-order valence-electron chi connectivity index (χ4n) is 4.64. The lowest BCUT2D eigenvalue weighted by Crippen LogP contribution is -2.36. The molecule has 0 unspecified atom stereocenters. The molecule has 0 aliphatic carbocycles. The smallest absolute Gasteiger partial charge is 0.250 e. The molecule has 0 amide bonds. The molecule has 3 saturated heterocycles. The van der Waals surface area contributed by atoms with Crippen LogP contribution in [0.2, 0.25) is 0 Å². The van der Waals surface area contributed by atoms with Crippen molar-refractivity contribution in [2.45, 2.75) is 24.9 Å². The van der Waals surface area contributed by atoms with Gasteiger partial charge < -0.3 is 10.2 Å². The van der Waals surface area contributed by atoms with Crippen LogP contribution in [0.1, 0.15) is 12.8 Å². The van der Waals surface area contributed by atoms with E-state index in [4.69, 9.17) is 0 Å². The van der Waals surface area contributed by atoms with Gasteiger partial charge in [0.25, 0.3) is 5.95 Å². The maximum atomic E-state index is 4.35. The van der Waals surface area contributed by atoms with E-state index in [-0.39, 0.29) is 12.4 Å². The first-order valence-electron chi connectivity index (χ1n) is 7.76. The molecule has 1 aromatic carbocycles. The minimum atomic E-state index is 0. The summed E-state index contributed by atoms with van der Waals surface area (Å²) >= 11 is 0. The van der Waals surface area contributed by atoms with Gasteiger partial charge in [-0.3, -0.25) is 0 Å². The predicted octanol–water partition coefficient (Wildman–Crippen LogP) is 1.27. The topological polar surface area (TPSA) is 58.9 Å². The van der Waals surface area contributed by atoms with Gasteiger partial charge in [-0.15, -0.1) is 12.4 Å².